The van der Waals surface area contributed by atoms with Crippen molar-refractivity contribution in [1.29, 1.82) is 0 Å². The standard InChI is InChI=1S/C24H37N3O2/c1-23(12-13-23)17-22(28)25-21-10-15-26(2)24(21)11-4-14-27(18-24)16-9-19-5-7-20(29-3)8-6-19/h5-8,21H,4,9-18H2,1-3H3,(H,25,28). The predicted molar refractivity (Wildman–Crippen MR) is 116 cm³/mol. The molecule has 2 atom stereocenters. The van der Waals surface area contributed by atoms with Crippen LogP contribution in [0.2, 0.25) is 0 Å². The molecule has 29 heavy (non-hydrogen) atoms. The zero-order valence-electron chi connectivity index (χ0n) is 18.4. The smallest absolute Gasteiger partial charge is 0.220 e. The molecular weight excluding hydrogens is 362 g/mol. The third-order valence-electron chi connectivity index (χ3n) is 7.65. The first kappa shape index (κ1) is 20.7. The average molecular weight is 400 g/mol. The Morgan fingerprint density at radius 2 is 1.97 bits per heavy atom. The number of carbonyl (C=O) groups excluding carboxylic acids is 1. The maximum Gasteiger partial charge on any atom is 0.220 e. The Hall–Kier alpha value is -1.59. The molecule has 1 N–H and O–H groups in total. The molecule has 2 saturated heterocycles. The minimum absolute atomic E-state index is 0.0955. The van der Waals surface area contributed by atoms with E-state index in [2.05, 4.69) is 41.2 Å². The highest BCUT2D eigenvalue weighted by atomic mass is 16.5. The summed E-state index contributed by atoms with van der Waals surface area (Å²) in [6.07, 6.45) is 7.63. The van der Waals surface area contributed by atoms with Gasteiger partial charge in [-0.25, -0.2) is 0 Å². The van der Waals surface area contributed by atoms with Gasteiger partial charge in [-0.2, -0.15) is 0 Å². The second-order valence-corrected chi connectivity index (χ2v) is 9.90. The third-order valence-corrected chi connectivity index (χ3v) is 7.65. The fourth-order valence-electron chi connectivity index (χ4n) is 5.33. The van der Waals surface area contributed by atoms with Gasteiger partial charge in [0.05, 0.1) is 12.6 Å². The normalized spacial score (nSPS) is 29.1. The van der Waals surface area contributed by atoms with Gasteiger partial charge in [0.15, 0.2) is 0 Å². The predicted octanol–water partition coefficient (Wildman–Crippen LogP) is 3.08. The molecular formula is C24H37N3O2. The van der Waals surface area contributed by atoms with Crippen molar-refractivity contribution in [2.75, 3.05) is 40.3 Å². The molecule has 1 aromatic carbocycles. The van der Waals surface area contributed by atoms with Crippen molar-refractivity contribution in [3.8, 4) is 5.75 Å². The first-order chi connectivity index (χ1) is 13.9. The van der Waals surface area contributed by atoms with Gasteiger partial charge in [-0.15, -0.1) is 0 Å². The molecule has 2 unspecified atom stereocenters. The average Bonchev–Trinajstić information content (AvgIpc) is 3.38. The molecule has 0 radical (unpaired) electrons. The third kappa shape index (κ3) is 4.61. The van der Waals surface area contributed by atoms with Crippen LogP contribution in [0.5, 0.6) is 5.75 Å². The number of amides is 1. The molecule has 1 spiro atoms. The molecule has 4 rings (SSSR count). The minimum atomic E-state index is 0.0955. The van der Waals surface area contributed by atoms with Crippen molar-refractivity contribution in [2.45, 2.75) is 63.5 Å². The van der Waals surface area contributed by atoms with Crippen molar-refractivity contribution >= 4 is 5.91 Å². The summed E-state index contributed by atoms with van der Waals surface area (Å²) < 4.78 is 5.27. The quantitative estimate of drug-likeness (QED) is 0.765. The van der Waals surface area contributed by atoms with E-state index in [4.69, 9.17) is 4.74 Å². The zero-order chi connectivity index (χ0) is 20.5. The second kappa shape index (κ2) is 8.27. The number of hydrogen-bond donors (Lipinski definition) is 1. The van der Waals surface area contributed by atoms with Crippen LogP contribution in [0, 0.1) is 5.41 Å². The summed E-state index contributed by atoms with van der Waals surface area (Å²) in [7, 11) is 3.96. The van der Waals surface area contributed by atoms with Crippen LogP contribution < -0.4 is 10.1 Å². The first-order valence-electron chi connectivity index (χ1n) is 11.3. The van der Waals surface area contributed by atoms with E-state index in [1.807, 2.05) is 12.1 Å². The molecule has 3 aliphatic rings. The van der Waals surface area contributed by atoms with Crippen LogP contribution in [-0.2, 0) is 11.2 Å². The Balaban J connectivity index is 1.36. The fourth-order valence-corrected chi connectivity index (χ4v) is 5.33. The Morgan fingerprint density at radius 3 is 2.66 bits per heavy atom. The topological polar surface area (TPSA) is 44.8 Å². The number of methoxy groups -OCH3 is 1. The largest absolute Gasteiger partial charge is 0.497 e. The Kier molecular flexibility index (Phi) is 5.90. The molecule has 1 saturated carbocycles. The lowest BCUT2D eigenvalue weighted by molar-refractivity contribution is -0.123. The number of nitrogens with zero attached hydrogens (tertiary/aromatic N) is 2. The molecule has 2 heterocycles. The second-order valence-electron chi connectivity index (χ2n) is 9.90. The molecule has 3 fully saturated rings. The van der Waals surface area contributed by atoms with Crippen molar-refractivity contribution < 1.29 is 9.53 Å². The van der Waals surface area contributed by atoms with E-state index in [0.717, 1.165) is 44.8 Å². The van der Waals surface area contributed by atoms with Crippen LogP contribution in [-0.4, -0.2) is 67.6 Å². The van der Waals surface area contributed by atoms with Gasteiger partial charge in [0.1, 0.15) is 5.75 Å². The van der Waals surface area contributed by atoms with E-state index in [1.54, 1.807) is 7.11 Å². The van der Waals surface area contributed by atoms with E-state index >= 15 is 0 Å². The van der Waals surface area contributed by atoms with Crippen molar-refractivity contribution in [2.24, 2.45) is 5.41 Å². The SMILES string of the molecule is COc1ccc(CCN2CCCC3(C2)C(NC(=O)CC2(C)CC2)CCN3C)cc1. The maximum atomic E-state index is 12.7. The van der Waals surface area contributed by atoms with Gasteiger partial charge in [-0.05, 0) is 75.2 Å². The van der Waals surface area contributed by atoms with Gasteiger partial charge in [-0.3, -0.25) is 9.69 Å². The summed E-state index contributed by atoms with van der Waals surface area (Å²) in [4.78, 5) is 17.8. The summed E-state index contributed by atoms with van der Waals surface area (Å²) in [5.74, 6) is 1.18. The van der Waals surface area contributed by atoms with Crippen LogP contribution in [0.4, 0.5) is 0 Å². The zero-order valence-corrected chi connectivity index (χ0v) is 18.4. The summed E-state index contributed by atoms with van der Waals surface area (Å²) in [6.45, 7) is 6.60. The molecule has 160 valence electrons. The summed E-state index contributed by atoms with van der Waals surface area (Å²) in [5.41, 5.74) is 1.73. The van der Waals surface area contributed by atoms with Crippen LogP contribution >= 0.6 is 0 Å². The fraction of sp³-hybridized carbons (Fsp3) is 0.708. The minimum Gasteiger partial charge on any atom is -0.497 e. The molecule has 0 aromatic heterocycles. The first-order valence-corrected chi connectivity index (χ1v) is 11.3. The Labute approximate surface area is 175 Å². The van der Waals surface area contributed by atoms with E-state index in [1.165, 1.54) is 31.2 Å². The van der Waals surface area contributed by atoms with Gasteiger partial charge >= 0.3 is 0 Å². The molecule has 1 aliphatic carbocycles. The lowest BCUT2D eigenvalue weighted by Gasteiger charge is -2.48. The van der Waals surface area contributed by atoms with Crippen LogP contribution in [0.25, 0.3) is 0 Å². The molecule has 1 aromatic rings. The molecule has 5 heteroatoms. The number of piperidine rings is 1. The Morgan fingerprint density at radius 1 is 1.21 bits per heavy atom. The van der Waals surface area contributed by atoms with Gasteiger partial charge < -0.3 is 15.0 Å². The highest BCUT2D eigenvalue weighted by molar-refractivity contribution is 5.77. The van der Waals surface area contributed by atoms with E-state index in [9.17, 15) is 4.79 Å². The summed E-state index contributed by atoms with van der Waals surface area (Å²) >= 11 is 0. The molecule has 5 nitrogen and oxygen atoms in total. The number of likely N-dealkylation sites (N-methyl/N-ethyl adjacent to an activating group) is 1. The highest BCUT2D eigenvalue weighted by Gasteiger charge is 2.50. The Bertz CT molecular complexity index is 715. The van der Waals surface area contributed by atoms with Crippen molar-refractivity contribution in [1.82, 2.24) is 15.1 Å². The van der Waals surface area contributed by atoms with E-state index in [-0.39, 0.29) is 22.9 Å². The summed E-state index contributed by atoms with van der Waals surface area (Å²) in [6, 6.07) is 8.71. The van der Waals surface area contributed by atoms with E-state index in [0.29, 0.717) is 6.42 Å². The lowest BCUT2D eigenvalue weighted by atomic mass is 9.82. The number of nitrogens with one attached hydrogen (secondary N) is 1. The molecule has 0 bridgehead atoms. The molecule has 1 amide bonds. The van der Waals surface area contributed by atoms with Crippen LogP contribution in [0.1, 0.15) is 51.0 Å². The van der Waals surface area contributed by atoms with Crippen LogP contribution in [0.3, 0.4) is 0 Å². The number of carbonyl (C=O) groups is 1. The number of rotatable bonds is 7. The monoisotopic (exact) mass is 399 g/mol. The van der Waals surface area contributed by atoms with Crippen LogP contribution in [0.15, 0.2) is 24.3 Å². The number of likely N-dealkylation sites (tertiary alicyclic amines) is 2. The summed E-state index contributed by atoms with van der Waals surface area (Å²) in [5, 5.41) is 3.45. The van der Waals surface area contributed by atoms with Crippen molar-refractivity contribution in [3.63, 3.8) is 0 Å². The van der Waals surface area contributed by atoms with E-state index < -0.39 is 0 Å². The molecule has 2 aliphatic heterocycles. The maximum absolute atomic E-state index is 12.7. The lowest BCUT2D eigenvalue weighted by Crippen LogP contribution is -2.63. The van der Waals surface area contributed by atoms with Gasteiger partial charge in [0.25, 0.3) is 0 Å². The van der Waals surface area contributed by atoms with Gasteiger partial charge in [-0.1, -0.05) is 19.1 Å². The number of ether oxygens (including phenoxy) is 1. The van der Waals surface area contributed by atoms with Crippen molar-refractivity contribution in [3.05, 3.63) is 29.8 Å². The van der Waals surface area contributed by atoms with Gasteiger partial charge in [0, 0.05) is 32.1 Å². The van der Waals surface area contributed by atoms with Gasteiger partial charge in [0.2, 0.25) is 5.91 Å². The number of hydrogen-bond acceptors (Lipinski definition) is 4. The number of benzene rings is 1. The highest BCUT2D eigenvalue weighted by Crippen LogP contribution is 2.48.